The fourth-order valence-corrected chi connectivity index (χ4v) is 3.59. The Hall–Kier alpha value is -4.26. The maximum atomic E-state index is 5.97. The molecule has 0 saturated heterocycles. The van der Waals surface area contributed by atoms with Crippen molar-refractivity contribution in [3.8, 4) is 34.5 Å². The fourth-order valence-electron chi connectivity index (χ4n) is 3.59. The summed E-state index contributed by atoms with van der Waals surface area (Å²) in [5, 5.41) is 6.72. The minimum absolute atomic E-state index is 0.589. The largest absolute Gasteiger partial charge is 0.658 e. The third-order valence-electron chi connectivity index (χ3n) is 5.06. The van der Waals surface area contributed by atoms with E-state index in [1.165, 1.54) is 7.69 Å². The van der Waals surface area contributed by atoms with Gasteiger partial charge in [-0.2, -0.15) is 0 Å². The molecule has 2 N–H and O–H groups in total. The SMILES string of the molecule is [B](Oc1cccc2c1Nc1ccccc1O2)Oc1cccc2c1Nc1ccccc1O2. The highest BCUT2D eigenvalue weighted by molar-refractivity contribution is 6.21. The number of hydrogen-bond acceptors (Lipinski definition) is 6. The van der Waals surface area contributed by atoms with Crippen LogP contribution in [0.5, 0.6) is 34.5 Å². The van der Waals surface area contributed by atoms with E-state index < -0.39 is 0 Å². The number of anilines is 4. The Balaban J connectivity index is 1.20. The summed E-state index contributed by atoms with van der Waals surface area (Å²) >= 11 is 0. The Morgan fingerprint density at radius 3 is 1.48 bits per heavy atom. The van der Waals surface area contributed by atoms with Gasteiger partial charge >= 0.3 is 7.69 Å². The van der Waals surface area contributed by atoms with Crippen molar-refractivity contribution in [3.63, 3.8) is 0 Å². The first-order chi connectivity index (χ1) is 15.3. The molecule has 2 aliphatic rings. The van der Waals surface area contributed by atoms with E-state index in [1.54, 1.807) is 0 Å². The Morgan fingerprint density at radius 1 is 0.516 bits per heavy atom. The summed E-state index contributed by atoms with van der Waals surface area (Å²) in [5.41, 5.74) is 3.24. The third-order valence-corrected chi connectivity index (χ3v) is 5.06. The van der Waals surface area contributed by atoms with Crippen molar-refractivity contribution in [2.24, 2.45) is 0 Å². The van der Waals surface area contributed by atoms with Gasteiger partial charge in [-0.1, -0.05) is 36.4 Å². The molecule has 0 saturated carbocycles. The highest BCUT2D eigenvalue weighted by Crippen LogP contribution is 2.47. The molecule has 6 nitrogen and oxygen atoms in total. The number of rotatable bonds is 4. The van der Waals surface area contributed by atoms with E-state index in [-0.39, 0.29) is 0 Å². The molecule has 1 radical (unpaired) electrons. The lowest BCUT2D eigenvalue weighted by Crippen LogP contribution is -2.14. The van der Waals surface area contributed by atoms with Crippen molar-refractivity contribution in [2.75, 3.05) is 10.6 Å². The van der Waals surface area contributed by atoms with Crippen LogP contribution in [0.2, 0.25) is 0 Å². The van der Waals surface area contributed by atoms with Crippen LogP contribution in [0.15, 0.2) is 84.9 Å². The molecule has 0 aromatic heterocycles. The molecule has 0 amide bonds. The van der Waals surface area contributed by atoms with Gasteiger partial charge in [0.2, 0.25) is 0 Å². The van der Waals surface area contributed by atoms with Gasteiger partial charge in [0.1, 0.15) is 22.9 Å². The van der Waals surface area contributed by atoms with Crippen LogP contribution < -0.4 is 29.4 Å². The predicted octanol–water partition coefficient (Wildman–Crippen LogP) is 6.38. The standard InChI is InChI=1S/C24H16BN2O4/c1-3-9-17-15(7-1)26-23-19(28-17)11-5-13-21(23)30-25-31-22-14-6-12-20-24(22)27-16-8-2-4-10-18(16)29-20/h1-14,26-27H. The van der Waals surface area contributed by atoms with E-state index >= 15 is 0 Å². The topological polar surface area (TPSA) is 61.0 Å². The smallest absolute Gasteiger partial charge is 0.525 e. The van der Waals surface area contributed by atoms with Crippen molar-refractivity contribution in [1.29, 1.82) is 0 Å². The van der Waals surface area contributed by atoms with Crippen LogP contribution in [0.25, 0.3) is 0 Å². The fraction of sp³-hybridized carbons (Fsp3) is 0. The van der Waals surface area contributed by atoms with Gasteiger partial charge in [-0.15, -0.1) is 0 Å². The van der Waals surface area contributed by atoms with Crippen molar-refractivity contribution in [3.05, 3.63) is 84.9 Å². The maximum absolute atomic E-state index is 5.97. The van der Waals surface area contributed by atoms with Crippen LogP contribution in [-0.2, 0) is 0 Å². The van der Waals surface area contributed by atoms with Gasteiger partial charge in [0, 0.05) is 0 Å². The average molecular weight is 407 g/mol. The normalized spacial score (nSPS) is 12.3. The monoisotopic (exact) mass is 407 g/mol. The highest BCUT2D eigenvalue weighted by Gasteiger charge is 2.22. The minimum Gasteiger partial charge on any atom is -0.525 e. The van der Waals surface area contributed by atoms with Crippen molar-refractivity contribution in [2.45, 2.75) is 0 Å². The van der Waals surface area contributed by atoms with Crippen molar-refractivity contribution >= 4 is 30.4 Å². The summed E-state index contributed by atoms with van der Waals surface area (Å²) in [7, 11) is 1.30. The van der Waals surface area contributed by atoms with Crippen LogP contribution in [-0.4, -0.2) is 7.69 Å². The molecule has 7 heteroatoms. The lowest BCUT2D eigenvalue weighted by Gasteiger charge is -2.24. The number of ether oxygens (including phenoxy) is 2. The molecule has 0 bridgehead atoms. The molecule has 4 aromatic rings. The zero-order chi connectivity index (χ0) is 20.6. The first-order valence-electron chi connectivity index (χ1n) is 9.84. The zero-order valence-electron chi connectivity index (χ0n) is 16.3. The number of fused-ring (bicyclic) bond motifs is 4. The van der Waals surface area contributed by atoms with Crippen LogP contribution in [0.1, 0.15) is 0 Å². The summed E-state index contributed by atoms with van der Waals surface area (Å²) in [4.78, 5) is 0. The van der Waals surface area contributed by atoms with Crippen LogP contribution in [0, 0.1) is 0 Å². The molecule has 149 valence electrons. The molecule has 6 rings (SSSR count). The van der Waals surface area contributed by atoms with Crippen molar-refractivity contribution < 1.29 is 18.8 Å². The van der Waals surface area contributed by atoms with Crippen LogP contribution >= 0.6 is 0 Å². The van der Waals surface area contributed by atoms with E-state index in [4.69, 9.17) is 18.8 Å². The molecule has 0 spiro atoms. The first-order valence-corrected chi connectivity index (χ1v) is 9.84. The molecular weight excluding hydrogens is 391 g/mol. The van der Waals surface area contributed by atoms with E-state index in [1.807, 2.05) is 84.9 Å². The lowest BCUT2D eigenvalue weighted by molar-refractivity contribution is 0.446. The Labute approximate surface area is 179 Å². The molecule has 2 aliphatic heterocycles. The average Bonchev–Trinajstić information content (AvgIpc) is 2.82. The minimum atomic E-state index is 0.589. The Kier molecular flexibility index (Phi) is 4.09. The number of para-hydroxylation sites is 6. The zero-order valence-corrected chi connectivity index (χ0v) is 16.3. The van der Waals surface area contributed by atoms with Gasteiger partial charge in [-0.05, 0) is 48.5 Å². The van der Waals surface area contributed by atoms with Gasteiger partial charge in [-0.3, -0.25) is 0 Å². The van der Waals surface area contributed by atoms with E-state index in [9.17, 15) is 0 Å². The molecule has 0 aliphatic carbocycles. The van der Waals surface area contributed by atoms with Crippen LogP contribution in [0.3, 0.4) is 0 Å². The third kappa shape index (κ3) is 3.16. The van der Waals surface area contributed by atoms with E-state index in [0.29, 0.717) is 23.0 Å². The molecule has 0 unspecified atom stereocenters. The molecule has 31 heavy (non-hydrogen) atoms. The van der Waals surface area contributed by atoms with E-state index in [0.717, 1.165) is 34.2 Å². The van der Waals surface area contributed by atoms with Crippen LogP contribution in [0.4, 0.5) is 22.7 Å². The Bertz CT molecular complexity index is 1200. The highest BCUT2D eigenvalue weighted by atomic mass is 16.6. The summed E-state index contributed by atoms with van der Waals surface area (Å²) in [6.45, 7) is 0. The van der Waals surface area contributed by atoms with Gasteiger partial charge in [0.05, 0.1) is 11.4 Å². The molecular formula is C24H16BN2O4. The van der Waals surface area contributed by atoms with Gasteiger partial charge in [0.15, 0.2) is 23.0 Å². The number of nitrogens with one attached hydrogen (secondary N) is 2. The van der Waals surface area contributed by atoms with Gasteiger partial charge < -0.3 is 29.4 Å². The second kappa shape index (κ2) is 7.21. The number of benzene rings is 4. The van der Waals surface area contributed by atoms with Gasteiger partial charge in [-0.25, -0.2) is 0 Å². The second-order valence-electron chi connectivity index (χ2n) is 7.04. The Morgan fingerprint density at radius 2 is 0.968 bits per heavy atom. The lowest BCUT2D eigenvalue weighted by atomic mass is 10.2. The number of hydrogen-bond donors (Lipinski definition) is 2. The predicted molar refractivity (Wildman–Crippen MR) is 119 cm³/mol. The summed E-state index contributed by atoms with van der Waals surface area (Å²) in [5.74, 6) is 4.10. The first kappa shape index (κ1) is 17.6. The van der Waals surface area contributed by atoms with E-state index in [2.05, 4.69) is 10.6 Å². The maximum Gasteiger partial charge on any atom is 0.658 e. The molecule has 2 heterocycles. The second-order valence-corrected chi connectivity index (χ2v) is 7.04. The summed E-state index contributed by atoms with van der Waals surface area (Å²) < 4.78 is 23.6. The molecule has 0 atom stereocenters. The van der Waals surface area contributed by atoms with Gasteiger partial charge in [0.25, 0.3) is 0 Å². The summed E-state index contributed by atoms with van der Waals surface area (Å²) in [6, 6.07) is 26.7. The quantitative estimate of drug-likeness (QED) is 0.331. The molecule has 0 fully saturated rings. The van der Waals surface area contributed by atoms with Crippen molar-refractivity contribution in [1.82, 2.24) is 0 Å². The summed E-state index contributed by atoms with van der Waals surface area (Å²) in [6.07, 6.45) is 0. The molecule has 4 aromatic carbocycles.